The molecule has 3 aromatic rings. The molecule has 0 saturated carbocycles. The highest BCUT2D eigenvalue weighted by Gasteiger charge is 2.09. The molecule has 0 aliphatic heterocycles. The standard InChI is InChI=1S/C16H14ClN3O3/c17-12-7-10(5-6-11(12)9-23-15(18)21)8-20-14-4-2-1-3-13(14)19-16(20)22/h1-7H,8-9H2,(H2,18,21)(H,19,22). The minimum absolute atomic E-state index is 0.0154. The molecular formula is C16H14ClN3O3. The van der Waals surface area contributed by atoms with Crippen molar-refractivity contribution in [3.8, 4) is 0 Å². The maximum atomic E-state index is 12.1. The van der Waals surface area contributed by atoms with E-state index >= 15 is 0 Å². The Balaban J connectivity index is 1.88. The lowest BCUT2D eigenvalue weighted by molar-refractivity contribution is 0.150. The summed E-state index contributed by atoms with van der Waals surface area (Å²) in [5.74, 6) is 0. The number of primary amides is 1. The van der Waals surface area contributed by atoms with E-state index in [4.69, 9.17) is 22.1 Å². The quantitative estimate of drug-likeness (QED) is 0.770. The zero-order chi connectivity index (χ0) is 16.4. The molecule has 118 valence electrons. The van der Waals surface area contributed by atoms with Crippen LogP contribution in [-0.4, -0.2) is 15.6 Å². The second-order valence-electron chi connectivity index (χ2n) is 5.07. The van der Waals surface area contributed by atoms with E-state index in [2.05, 4.69) is 4.98 Å². The Morgan fingerprint density at radius 1 is 1.26 bits per heavy atom. The number of halogens is 1. The summed E-state index contributed by atoms with van der Waals surface area (Å²) >= 11 is 6.18. The highest BCUT2D eigenvalue weighted by molar-refractivity contribution is 6.31. The number of carbonyl (C=O) groups excluding carboxylic acids is 1. The largest absolute Gasteiger partial charge is 0.445 e. The number of nitrogens with one attached hydrogen (secondary N) is 1. The number of aromatic nitrogens is 2. The topological polar surface area (TPSA) is 90.1 Å². The lowest BCUT2D eigenvalue weighted by Gasteiger charge is -2.08. The van der Waals surface area contributed by atoms with Gasteiger partial charge in [0.1, 0.15) is 6.61 Å². The Hall–Kier alpha value is -2.73. The summed E-state index contributed by atoms with van der Waals surface area (Å²) in [6.45, 7) is 0.404. The molecule has 0 bridgehead atoms. The highest BCUT2D eigenvalue weighted by Crippen LogP contribution is 2.20. The molecule has 7 heteroatoms. The molecule has 0 fully saturated rings. The number of rotatable bonds is 4. The number of fused-ring (bicyclic) bond motifs is 1. The van der Waals surface area contributed by atoms with E-state index in [9.17, 15) is 9.59 Å². The van der Waals surface area contributed by atoms with Gasteiger partial charge in [-0.05, 0) is 23.8 Å². The summed E-state index contributed by atoms with van der Waals surface area (Å²) in [4.78, 5) is 25.5. The predicted octanol–water partition coefficient (Wildman–Crippen LogP) is 2.63. The van der Waals surface area contributed by atoms with Crippen molar-refractivity contribution in [3.63, 3.8) is 0 Å². The molecule has 0 aliphatic carbocycles. The molecular weight excluding hydrogens is 318 g/mol. The third kappa shape index (κ3) is 3.22. The fourth-order valence-electron chi connectivity index (χ4n) is 2.40. The van der Waals surface area contributed by atoms with Gasteiger partial charge in [-0.25, -0.2) is 9.59 Å². The van der Waals surface area contributed by atoms with Gasteiger partial charge in [-0.1, -0.05) is 35.9 Å². The highest BCUT2D eigenvalue weighted by atomic mass is 35.5. The van der Waals surface area contributed by atoms with Gasteiger partial charge in [-0.3, -0.25) is 4.57 Å². The van der Waals surface area contributed by atoms with Crippen molar-refractivity contribution in [1.82, 2.24) is 9.55 Å². The fraction of sp³-hybridized carbons (Fsp3) is 0.125. The van der Waals surface area contributed by atoms with E-state index in [0.29, 0.717) is 17.1 Å². The number of benzene rings is 2. The van der Waals surface area contributed by atoms with E-state index in [-0.39, 0.29) is 12.3 Å². The molecule has 0 atom stereocenters. The maximum absolute atomic E-state index is 12.1. The first-order valence-corrected chi connectivity index (χ1v) is 7.29. The first-order chi connectivity index (χ1) is 11.0. The minimum Gasteiger partial charge on any atom is -0.445 e. The Morgan fingerprint density at radius 2 is 2.04 bits per heavy atom. The normalized spacial score (nSPS) is 10.8. The molecule has 0 aliphatic rings. The van der Waals surface area contributed by atoms with Crippen LogP contribution in [0.5, 0.6) is 0 Å². The van der Waals surface area contributed by atoms with Gasteiger partial charge >= 0.3 is 11.8 Å². The van der Waals surface area contributed by atoms with Crippen LogP contribution in [0, 0.1) is 0 Å². The Bertz CT molecular complexity index is 930. The summed E-state index contributed by atoms with van der Waals surface area (Å²) in [6, 6.07) is 12.8. The number of ether oxygens (including phenoxy) is 1. The van der Waals surface area contributed by atoms with Gasteiger partial charge in [-0.2, -0.15) is 0 Å². The number of hydrogen-bond donors (Lipinski definition) is 2. The van der Waals surface area contributed by atoms with Gasteiger partial charge < -0.3 is 15.5 Å². The van der Waals surface area contributed by atoms with Crippen molar-refractivity contribution in [1.29, 1.82) is 0 Å². The van der Waals surface area contributed by atoms with Crippen molar-refractivity contribution in [3.05, 3.63) is 69.1 Å². The Kier molecular flexibility index (Phi) is 4.08. The van der Waals surface area contributed by atoms with Crippen molar-refractivity contribution < 1.29 is 9.53 Å². The van der Waals surface area contributed by atoms with Gasteiger partial charge in [-0.15, -0.1) is 0 Å². The second-order valence-corrected chi connectivity index (χ2v) is 5.47. The number of nitrogens with two attached hydrogens (primary N) is 1. The number of para-hydroxylation sites is 2. The second kappa shape index (κ2) is 6.18. The number of carbonyl (C=O) groups is 1. The number of nitrogens with zero attached hydrogens (tertiary/aromatic N) is 1. The molecule has 3 N–H and O–H groups in total. The SMILES string of the molecule is NC(=O)OCc1ccc(Cn2c(=O)[nH]c3ccccc32)cc1Cl. The Morgan fingerprint density at radius 3 is 2.78 bits per heavy atom. The summed E-state index contributed by atoms with van der Waals surface area (Å²) < 4.78 is 6.36. The molecule has 3 rings (SSSR count). The average Bonchev–Trinajstić information content (AvgIpc) is 2.82. The molecule has 1 heterocycles. The van der Waals surface area contributed by atoms with Crippen LogP contribution in [0.4, 0.5) is 4.79 Å². The van der Waals surface area contributed by atoms with Gasteiger partial charge in [0.25, 0.3) is 0 Å². The molecule has 0 unspecified atom stereocenters. The van der Waals surface area contributed by atoms with E-state index in [1.165, 1.54) is 0 Å². The summed E-state index contributed by atoms with van der Waals surface area (Å²) in [5, 5.41) is 0.455. The molecule has 6 nitrogen and oxygen atoms in total. The van der Waals surface area contributed by atoms with Crippen LogP contribution in [0.2, 0.25) is 5.02 Å². The van der Waals surface area contributed by atoms with Crippen LogP contribution in [0.1, 0.15) is 11.1 Å². The predicted molar refractivity (Wildman–Crippen MR) is 87.5 cm³/mol. The lowest BCUT2D eigenvalue weighted by Crippen LogP contribution is -2.17. The van der Waals surface area contributed by atoms with Crippen LogP contribution in [0.25, 0.3) is 11.0 Å². The maximum Gasteiger partial charge on any atom is 0.404 e. The smallest absolute Gasteiger partial charge is 0.404 e. The van der Waals surface area contributed by atoms with Gasteiger partial charge in [0.15, 0.2) is 0 Å². The number of imidazole rings is 1. The lowest BCUT2D eigenvalue weighted by atomic mass is 10.1. The minimum atomic E-state index is -0.851. The molecule has 1 amide bonds. The summed E-state index contributed by atoms with van der Waals surface area (Å²) in [5.41, 5.74) is 7.89. The van der Waals surface area contributed by atoms with Crippen LogP contribution in [0.15, 0.2) is 47.3 Å². The van der Waals surface area contributed by atoms with Crippen LogP contribution < -0.4 is 11.4 Å². The average molecular weight is 332 g/mol. The number of H-pyrrole nitrogens is 1. The monoisotopic (exact) mass is 331 g/mol. The van der Waals surface area contributed by atoms with E-state index < -0.39 is 6.09 Å². The fourth-order valence-corrected chi connectivity index (χ4v) is 2.66. The van der Waals surface area contributed by atoms with Crippen molar-refractivity contribution in [2.45, 2.75) is 13.2 Å². The molecule has 0 spiro atoms. The molecule has 0 radical (unpaired) electrons. The number of amides is 1. The third-order valence-electron chi connectivity index (χ3n) is 3.51. The van der Waals surface area contributed by atoms with E-state index in [0.717, 1.165) is 16.6 Å². The van der Waals surface area contributed by atoms with Crippen molar-refractivity contribution in [2.24, 2.45) is 5.73 Å². The van der Waals surface area contributed by atoms with Crippen LogP contribution in [-0.2, 0) is 17.9 Å². The first-order valence-electron chi connectivity index (χ1n) is 6.91. The zero-order valence-corrected chi connectivity index (χ0v) is 12.8. The summed E-state index contributed by atoms with van der Waals surface area (Å²) in [7, 11) is 0. The Labute approximate surface area is 136 Å². The van der Waals surface area contributed by atoms with Gasteiger partial charge in [0.2, 0.25) is 0 Å². The van der Waals surface area contributed by atoms with Gasteiger partial charge in [0, 0.05) is 10.6 Å². The van der Waals surface area contributed by atoms with Crippen molar-refractivity contribution >= 4 is 28.7 Å². The van der Waals surface area contributed by atoms with E-state index in [1.807, 2.05) is 30.3 Å². The van der Waals surface area contributed by atoms with Crippen LogP contribution >= 0.6 is 11.6 Å². The van der Waals surface area contributed by atoms with Gasteiger partial charge in [0.05, 0.1) is 17.6 Å². The zero-order valence-electron chi connectivity index (χ0n) is 12.1. The molecule has 1 aromatic heterocycles. The number of aromatic amines is 1. The first kappa shape index (κ1) is 15.2. The molecule has 0 saturated heterocycles. The third-order valence-corrected chi connectivity index (χ3v) is 3.86. The molecule has 2 aromatic carbocycles. The van der Waals surface area contributed by atoms with Crippen molar-refractivity contribution in [2.75, 3.05) is 0 Å². The van der Waals surface area contributed by atoms with Crippen LogP contribution in [0.3, 0.4) is 0 Å². The summed E-state index contributed by atoms with van der Waals surface area (Å²) in [6.07, 6.45) is -0.851. The van der Waals surface area contributed by atoms with E-state index in [1.54, 1.807) is 16.7 Å². The molecule has 23 heavy (non-hydrogen) atoms. The number of hydrogen-bond acceptors (Lipinski definition) is 3.